The van der Waals surface area contributed by atoms with Crippen LogP contribution in [0.4, 0.5) is 0 Å². The third-order valence-electron chi connectivity index (χ3n) is 12.6. The molecule has 22 unspecified atom stereocenters. The summed E-state index contributed by atoms with van der Waals surface area (Å²) in [6.45, 7) is 9.87. The Bertz CT molecular complexity index is 1370. The molecule has 0 aromatic heterocycles. The maximum Gasteiger partial charge on any atom is 0.162 e. The van der Waals surface area contributed by atoms with E-state index in [1.54, 1.807) is 27.7 Å². The standard InChI is InChI=1S/C43H80O23/c1-20(44)9-57-14-25-22(32(46)37(51)30(63-25)19-62-42(3,4)5)11-59-17-28-35(49)34(48)24(41(55)65-28)13-61-18-29-36(50)33(47)23(40(54)66-29)12-60-16-27-38(52)39(53)31(43(6,7)56-8)26(64-27)15-58-10-21(2)45/h20-41,44-55H,9-19H2,1-8H3. The van der Waals surface area contributed by atoms with Gasteiger partial charge in [0.1, 0.15) is 48.8 Å². The topological polar surface area (TPSA) is 344 Å². The van der Waals surface area contributed by atoms with Crippen molar-refractivity contribution < 1.29 is 113 Å². The van der Waals surface area contributed by atoms with Crippen molar-refractivity contribution in [2.24, 2.45) is 23.7 Å². The second-order valence-electron chi connectivity index (χ2n) is 19.6. The van der Waals surface area contributed by atoms with Gasteiger partial charge in [-0.05, 0) is 48.5 Å². The minimum atomic E-state index is -1.67. The van der Waals surface area contributed by atoms with Crippen molar-refractivity contribution in [3.63, 3.8) is 0 Å². The van der Waals surface area contributed by atoms with Gasteiger partial charge in [-0.1, -0.05) is 0 Å². The monoisotopic (exact) mass is 965 g/mol. The summed E-state index contributed by atoms with van der Waals surface area (Å²) >= 11 is 0. The van der Waals surface area contributed by atoms with Crippen molar-refractivity contribution >= 4 is 0 Å². The van der Waals surface area contributed by atoms with Gasteiger partial charge in [-0.25, -0.2) is 0 Å². The lowest BCUT2D eigenvalue weighted by molar-refractivity contribution is -0.294. The van der Waals surface area contributed by atoms with E-state index < -0.39 is 158 Å². The van der Waals surface area contributed by atoms with Gasteiger partial charge < -0.3 is 113 Å². The Kier molecular flexibility index (Phi) is 22.7. The Balaban J connectivity index is 1.23. The van der Waals surface area contributed by atoms with Gasteiger partial charge in [0.15, 0.2) is 12.6 Å². The van der Waals surface area contributed by atoms with Gasteiger partial charge in [0.2, 0.25) is 0 Å². The molecule has 66 heavy (non-hydrogen) atoms. The molecule has 0 bridgehead atoms. The van der Waals surface area contributed by atoms with E-state index in [1.807, 2.05) is 20.8 Å². The third kappa shape index (κ3) is 15.8. The highest BCUT2D eigenvalue weighted by Crippen LogP contribution is 2.37. The number of hydrogen-bond acceptors (Lipinski definition) is 23. The number of methoxy groups -OCH3 is 1. The first kappa shape index (κ1) is 57.7. The van der Waals surface area contributed by atoms with Gasteiger partial charge in [-0.2, -0.15) is 0 Å². The van der Waals surface area contributed by atoms with Crippen LogP contribution in [0, 0.1) is 23.7 Å². The molecule has 23 heteroatoms. The van der Waals surface area contributed by atoms with Crippen molar-refractivity contribution in [3.05, 3.63) is 0 Å². The van der Waals surface area contributed by atoms with Gasteiger partial charge in [0.05, 0.1) is 145 Å². The molecule has 12 N–H and O–H groups in total. The molecule has 4 aliphatic heterocycles. The largest absolute Gasteiger partial charge is 0.391 e. The quantitative estimate of drug-likeness (QED) is 0.0433. The lowest BCUT2D eigenvalue weighted by atomic mass is 9.76. The zero-order valence-electron chi connectivity index (χ0n) is 39.3. The van der Waals surface area contributed by atoms with Crippen LogP contribution in [0.15, 0.2) is 0 Å². The Labute approximate surface area is 386 Å². The van der Waals surface area contributed by atoms with Crippen LogP contribution in [0.2, 0.25) is 0 Å². The summed E-state index contributed by atoms with van der Waals surface area (Å²) in [7, 11) is 1.46. The first-order chi connectivity index (χ1) is 30.9. The van der Waals surface area contributed by atoms with Crippen molar-refractivity contribution in [1.29, 1.82) is 0 Å². The van der Waals surface area contributed by atoms with Crippen LogP contribution in [-0.4, -0.2) is 263 Å². The molecule has 22 atom stereocenters. The van der Waals surface area contributed by atoms with Crippen molar-refractivity contribution in [2.75, 3.05) is 79.8 Å². The summed E-state index contributed by atoms with van der Waals surface area (Å²) in [6.07, 6.45) is -22.7. The van der Waals surface area contributed by atoms with E-state index in [4.69, 9.17) is 52.1 Å². The first-order valence-corrected chi connectivity index (χ1v) is 22.7. The van der Waals surface area contributed by atoms with E-state index in [9.17, 15) is 61.3 Å². The summed E-state index contributed by atoms with van der Waals surface area (Å²) in [5.74, 6) is -3.94. The number of aliphatic hydroxyl groups excluding tert-OH is 12. The molecule has 390 valence electrons. The fourth-order valence-corrected chi connectivity index (χ4v) is 8.57. The minimum absolute atomic E-state index is 0.00540. The Morgan fingerprint density at radius 3 is 1.18 bits per heavy atom. The fraction of sp³-hybridized carbons (Fsp3) is 1.00. The average molecular weight is 965 g/mol. The number of rotatable bonds is 24. The first-order valence-electron chi connectivity index (χ1n) is 22.7. The summed E-state index contributed by atoms with van der Waals surface area (Å²) in [5.41, 5.74) is -1.49. The molecule has 4 saturated heterocycles. The zero-order valence-corrected chi connectivity index (χ0v) is 39.3. The van der Waals surface area contributed by atoms with Crippen LogP contribution < -0.4 is 0 Å². The van der Waals surface area contributed by atoms with E-state index in [-0.39, 0.29) is 59.5 Å². The molecule has 23 nitrogen and oxygen atoms in total. The highest BCUT2D eigenvalue weighted by Gasteiger charge is 2.52. The van der Waals surface area contributed by atoms with Gasteiger partial charge in [0.25, 0.3) is 0 Å². The minimum Gasteiger partial charge on any atom is -0.391 e. The predicted molar refractivity (Wildman–Crippen MR) is 225 cm³/mol. The molecule has 0 amide bonds. The zero-order chi connectivity index (χ0) is 49.3. The molecule has 0 aliphatic carbocycles. The lowest BCUT2D eigenvalue weighted by Crippen LogP contribution is -2.63. The maximum atomic E-state index is 11.1. The fourth-order valence-electron chi connectivity index (χ4n) is 8.57. The maximum absolute atomic E-state index is 11.1. The molecule has 0 spiro atoms. The molecule has 4 fully saturated rings. The van der Waals surface area contributed by atoms with Gasteiger partial charge in [0, 0.05) is 18.9 Å². The van der Waals surface area contributed by atoms with Crippen LogP contribution in [-0.2, 0) is 52.1 Å². The van der Waals surface area contributed by atoms with Gasteiger partial charge >= 0.3 is 0 Å². The Morgan fingerprint density at radius 2 is 0.758 bits per heavy atom. The summed E-state index contributed by atoms with van der Waals surface area (Å²) in [4.78, 5) is 0. The molecular formula is C43H80O23. The second kappa shape index (κ2) is 26.0. The SMILES string of the molecule is COC(C)(C)C1C(COCC(C)O)OC(COCC2C(O)OC(COCC3C(O)OC(COCC4C(COCC(C)O)OC(COC(C)(C)C)C(O)C4O)C(O)C3O)C(O)C2O)C(O)C1O. The molecule has 0 saturated carbocycles. The normalized spacial score (nSPS) is 41.5. The summed E-state index contributed by atoms with van der Waals surface area (Å²) in [5, 5.41) is 129. The van der Waals surface area contributed by atoms with Crippen molar-refractivity contribution in [1.82, 2.24) is 0 Å². The molecule has 0 aromatic carbocycles. The summed E-state index contributed by atoms with van der Waals surface area (Å²) < 4.78 is 62.9. The van der Waals surface area contributed by atoms with E-state index >= 15 is 0 Å². The Morgan fingerprint density at radius 1 is 0.409 bits per heavy atom. The molecule has 4 rings (SSSR count). The average Bonchev–Trinajstić information content (AvgIpc) is 3.23. The lowest BCUT2D eigenvalue weighted by Gasteiger charge is -2.48. The van der Waals surface area contributed by atoms with Gasteiger partial charge in [-0.3, -0.25) is 0 Å². The summed E-state index contributed by atoms with van der Waals surface area (Å²) in [6, 6.07) is 0. The smallest absolute Gasteiger partial charge is 0.162 e. The molecule has 0 radical (unpaired) electrons. The van der Waals surface area contributed by atoms with Crippen LogP contribution in [0.25, 0.3) is 0 Å². The number of ether oxygens (including phenoxy) is 11. The van der Waals surface area contributed by atoms with Crippen molar-refractivity contribution in [2.45, 2.75) is 170 Å². The van der Waals surface area contributed by atoms with Crippen LogP contribution in [0.1, 0.15) is 48.5 Å². The highest BCUT2D eigenvalue weighted by molar-refractivity contribution is 5.00. The molecule has 4 aliphatic rings. The predicted octanol–water partition coefficient (Wildman–Crippen LogP) is -4.61. The van der Waals surface area contributed by atoms with Gasteiger partial charge in [-0.15, -0.1) is 0 Å². The Hall–Kier alpha value is -0.920. The molecule has 4 heterocycles. The third-order valence-corrected chi connectivity index (χ3v) is 12.6. The number of aliphatic hydroxyl groups is 12. The molecule has 0 aromatic rings. The highest BCUT2D eigenvalue weighted by atomic mass is 16.7. The van der Waals surface area contributed by atoms with Crippen molar-refractivity contribution in [3.8, 4) is 0 Å². The van der Waals surface area contributed by atoms with Crippen LogP contribution >= 0.6 is 0 Å². The second-order valence-corrected chi connectivity index (χ2v) is 19.6. The molecular weight excluding hydrogens is 884 g/mol. The number of hydrogen-bond donors (Lipinski definition) is 12. The van der Waals surface area contributed by atoms with E-state index in [0.29, 0.717) is 0 Å². The van der Waals surface area contributed by atoms with E-state index in [1.165, 1.54) is 7.11 Å². The van der Waals surface area contributed by atoms with E-state index in [2.05, 4.69) is 0 Å². The van der Waals surface area contributed by atoms with Crippen LogP contribution in [0.3, 0.4) is 0 Å². The van der Waals surface area contributed by atoms with Crippen LogP contribution in [0.5, 0.6) is 0 Å². The van der Waals surface area contributed by atoms with E-state index in [0.717, 1.165) is 0 Å².